The van der Waals surface area contributed by atoms with Crippen molar-refractivity contribution in [1.29, 1.82) is 0 Å². The molecule has 0 bridgehead atoms. The molecule has 1 aromatic rings. The van der Waals surface area contributed by atoms with E-state index in [1.807, 2.05) is 11.8 Å². The second kappa shape index (κ2) is 4.40. The lowest BCUT2D eigenvalue weighted by Gasteiger charge is -1.96. The van der Waals surface area contributed by atoms with Crippen LogP contribution in [0.2, 0.25) is 0 Å². The van der Waals surface area contributed by atoms with Gasteiger partial charge in [-0.25, -0.2) is 0 Å². The second-order valence-electron chi connectivity index (χ2n) is 2.16. The predicted molar refractivity (Wildman–Crippen MR) is 47.5 cm³/mol. The molecule has 54 valence electrons. The van der Waals surface area contributed by atoms with E-state index in [1.54, 1.807) is 0 Å². The van der Waals surface area contributed by atoms with Crippen molar-refractivity contribution >= 4 is 11.8 Å². The van der Waals surface area contributed by atoms with Gasteiger partial charge in [0.25, 0.3) is 0 Å². The number of hydrogen-bond donors (Lipinski definition) is 0. The Morgan fingerprint density at radius 3 is 2.50 bits per heavy atom. The molecule has 0 saturated carbocycles. The standard InChI is InChI=1S/C9H12S/c1-2-8-10-9-6-4-3-5-7-9/h3-7H,2,8H2,1H3. The van der Waals surface area contributed by atoms with E-state index in [0.717, 1.165) is 0 Å². The average molecular weight is 152 g/mol. The molecule has 0 atom stereocenters. The number of thioether (sulfide) groups is 1. The van der Waals surface area contributed by atoms with E-state index in [-0.39, 0.29) is 0 Å². The maximum Gasteiger partial charge on any atom is 0.00719 e. The van der Waals surface area contributed by atoms with Gasteiger partial charge in [-0.2, -0.15) is 0 Å². The lowest BCUT2D eigenvalue weighted by Crippen LogP contribution is -1.73. The normalized spacial score (nSPS) is 9.70. The third kappa shape index (κ3) is 2.44. The van der Waals surface area contributed by atoms with E-state index in [0.29, 0.717) is 0 Å². The van der Waals surface area contributed by atoms with E-state index in [4.69, 9.17) is 0 Å². The highest BCUT2D eigenvalue weighted by Gasteiger charge is 1.87. The second-order valence-corrected chi connectivity index (χ2v) is 3.33. The van der Waals surface area contributed by atoms with Crippen LogP contribution < -0.4 is 0 Å². The fraction of sp³-hybridized carbons (Fsp3) is 0.333. The first-order chi connectivity index (χ1) is 4.93. The van der Waals surface area contributed by atoms with Crippen LogP contribution in [0.15, 0.2) is 35.2 Å². The topological polar surface area (TPSA) is 0 Å². The van der Waals surface area contributed by atoms with Crippen molar-refractivity contribution < 1.29 is 0 Å². The Morgan fingerprint density at radius 2 is 1.90 bits per heavy atom. The molecule has 0 heterocycles. The Balaban J connectivity index is 2.43. The van der Waals surface area contributed by atoms with Crippen molar-refractivity contribution in [2.24, 2.45) is 0 Å². The molecule has 0 radical (unpaired) electrons. The summed E-state index contributed by atoms with van der Waals surface area (Å²) in [4.78, 5) is 1.38. The third-order valence-corrected chi connectivity index (χ3v) is 2.43. The summed E-state index contributed by atoms with van der Waals surface area (Å²) < 4.78 is 0. The molecule has 0 amide bonds. The monoisotopic (exact) mass is 152 g/mol. The van der Waals surface area contributed by atoms with Crippen molar-refractivity contribution in [3.63, 3.8) is 0 Å². The zero-order valence-electron chi connectivity index (χ0n) is 6.21. The quantitative estimate of drug-likeness (QED) is 0.599. The summed E-state index contributed by atoms with van der Waals surface area (Å²) in [6.07, 6.45) is 1.25. The van der Waals surface area contributed by atoms with Gasteiger partial charge in [-0.15, -0.1) is 11.8 Å². The van der Waals surface area contributed by atoms with Crippen LogP contribution >= 0.6 is 11.8 Å². The zero-order valence-corrected chi connectivity index (χ0v) is 7.03. The highest BCUT2D eigenvalue weighted by Crippen LogP contribution is 2.16. The molecule has 1 heteroatoms. The van der Waals surface area contributed by atoms with Gasteiger partial charge in [-0.05, 0) is 24.3 Å². The molecule has 1 rings (SSSR count). The maximum atomic E-state index is 2.20. The SMILES string of the molecule is CCCSc1ccccc1. The van der Waals surface area contributed by atoms with Gasteiger partial charge < -0.3 is 0 Å². The minimum absolute atomic E-state index is 1.23. The lowest BCUT2D eigenvalue weighted by molar-refractivity contribution is 1.10. The molecular formula is C9H12S. The molecule has 10 heavy (non-hydrogen) atoms. The minimum atomic E-state index is 1.23. The Morgan fingerprint density at radius 1 is 1.20 bits per heavy atom. The van der Waals surface area contributed by atoms with E-state index in [2.05, 4.69) is 37.3 Å². The number of benzene rings is 1. The van der Waals surface area contributed by atoms with Crippen molar-refractivity contribution in [1.82, 2.24) is 0 Å². The molecule has 1 aromatic carbocycles. The van der Waals surface area contributed by atoms with Crippen LogP contribution in [0.5, 0.6) is 0 Å². The Kier molecular flexibility index (Phi) is 3.37. The van der Waals surface area contributed by atoms with Crippen LogP contribution in [0.4, 0.5) is 0 Å². The van der Waals surface area contributed by atoms with Crippen LogP contribution in [0.1, 0.15) is 13.3 Å². The summed E-state index contributed by atoms with van der Waals surface area (Å²) in [7, 11) is 0. The van der Waals surface area contributed by atoms with E-state index in [1.165, 1.54) is 17.1 Å². The van der Waals surface area contributed by atoms with Crippen molar-refractivity contribution in [2.75, 3.05) is 5.75 Å². The molecule has 0 aliphatic carbocycles. The molecule has 0 aromatic heterocycles. The molecule has 0 fully saturated rings. The summed E-state index contributed by atoms with van der Waals surface area (Å²) in [6, 6.07) is 10.5. The van der Waals surface area contributed by atoms with Crippen LogP contribution in [0, 0.1) is 0 Å². The number of hydrogen-bond acceptors (Lipinski definition) is 1. The van der Waals surface area contributed by atoms with Gasteiger partial charge in [0.15, 0.2) is 0 Å². The Bertz CT molecular complexity index is 169. The molecule has 0 aliphatic heterocycles. The number of rotatable bonds is 3. The van der Waals surface area contributed by atoms with E-state index < -0.39 is 0 Å². The molecule has 0 saturated heterocycles. The largest absolute Gasteiger partial charge is 0.126 e. The summed E-state index contributed by atoms with van der Waals surface area (Å²) in [5.41, 5.74) is 0. The summed E-state index contributed by atoms with van der Waals surface area (Å²) in [5.74, 6) is 1.23. The Labute approximate surface area is 66.6 Å². The first-order valence-electron chi connectivity index (χ1n) is 3.61. The van der Waals surface area contributed by atoms with Crippen LogP contribution in [-0.2, 0) is 0 Å². The molecular weight excluding hydrogens is 140 g/mol. The molecule has 0 spiro atoms. The fourth-order valence-electron chi connectivity index (χ4n) is 0.737. The summed E-state index contributed by atoms with van der Waals surface area (Å²) in [5, 5.41) is 0. The van der Waals surface area contributed by atoms with Gasteiger partial charge in [-0.1, -0.05) is 25.1 Å². The van der Waals surface area contributed by atoms with Gasteiger partial charge in [0.2, 0.25) is 0 Å². The van der Waals surface area contributed by atoms with Crippen molar-refractivity contribution in [2.45, 2.75) is 18.2 Å². The van der Waals surface area contributed by atoms with Crippen LogP contribution in [0.25, 0.3) is 0 Å². The summed E-state index contributed by atoms with van der Waals surface area (Å²) >= 11 is 1.92. The average Bonchev–Trinajstić information content (AvgIpc) is 2.03. The highest BCUT2D eigenvalue weighted by molar-refractivity contribution is 7.99. The predicted octanol–water partition coefficient (Wildman–Crippen LogP) is 3.19. The first-order valence-corrected chi connectivity index (χ1v) is 4.60. The van der Waals surface area contributed by atoms with E-state index >= 15 is 0 Å². The van der Waals surface area contributed by atoms with Gasteiger partial charge >= 0.3 is 0 Å². The van der Waals surface area contributed by atoms with Gasteiger partial charge in [0, 0.05) is 4.90 Å². The lowest BCUT2D eigenvalue weighted by atomic mass is 10.4. The van der Waals surface area contributed by atoms with Gasteiger partial charge in [0.1, 0.15) is 0 Å². The van der Waals surface area contributed by atoms with Crippen LogP contribution in [0.3, 0.4) is 0 Å². The first kappa shape index (κ1) is 7.67. The van der Waals surface area contributed by atoms with Crippen molar-refractivity contribution in [3.8, 4) is 0 Å². The molecule has 0 aliphatic rings. The van der Waals surface area contributed by atoms with Gasteiger partial charge in [-0.3, -0.25) is 0 Å². The molecule has 0 N–H and O–H groups in total. The third-order valence-electron chi connectivity index (χ3n) is 1.22. The molecule has 0 unspecified atom stereocenters. The van der Waals surface area contributed by atoms with Gasteiger partial charge in [0.05, 0.1) is 0 Å². The van der Waals surface area contributed by atoms with E-state index in [9.17, 15) is 0 Å². The van der Waals surface area contributed by atoms with Crippen molar-refractivity contribution in [3.05, 3.63) is 30.3 Å². The maximum absolute atomic E-state index is 2.20. The van der Waals surface area contributed by atoms with Crippen LogP contribution in [-0.4, -0.2) is 5.75 Å². The highest BCUT2D eigenvalue weighted by atomic mass is 32.2. The smallest absolute Gasteiger partial charge is 0.00719 e. The Hall–Kier alpha value is -0.430. The fourth-order valence-corrected chi connectivity index (χ4v) is 1.53. The summed E-state index contributed by atoms with van der Waals surface area (Å²) in [6.45, 7) is 2.20. The minimum Gasteiger partial charge on any atom is -0.126 e. The zero-order chi connectivity index (χ0) is 7.23. The molecule has 0 nitrogen and oxygen atoms in total.